The van der Waals surface area contributed by atoms with Crippen molar-refractivity contribution in [3.8, 4) is 0 Å². The van der Waals surface area contributed by atoms with Gasteiger partial charge in [0.15, 0.2) is 0 Å². The minimum atomic E-state index is -0.185. The Labute approximate surface area is 93.3 Å². The van der Waals surface area contributed by atoms with Crippen molar-refractivity contribution in [3.05, 3.63) is 22.6 Å². The molecule has 5 nitrogen and oxygen atoms in total. The lowest BCUT2D eigenvalue weighted by Gasteiger charge is -2.19. The molecular formula is C11H16N4O. The normalized spacial score (nSPS) is 12.2. The number of nitrogens with one attached hydrogen (secondary N) is 1. The number of nitrogens with zero attached hydrogens (tertiary/aromatic N) is 2. The van der Waals surface area contributed by atoms with Gasteiger partial charge in [-0.1, -0.05) is 20.8 Å². The number of aromatic amines is 1. The van der Waals surface area contributed by atoms with Crippen LogP contribution in [0.5, 0.6) is 0 Å². The van der Waals surface area contributed by atoms with Crippen molar-refractivity contribution in [1.29, 1.82) is 0 Å². The lowest BCUT2D eigenvalue weighted by molar-refractivity contribution is 0.348. The maximum absolute atomic E-state index is 11.6. The lowest BCUT2D eigenvalue weighted by atomic mass is 9.97. The predicted molar refractivity (Wildman–Crippen MR) is 64.2 cm³/mol. The van der Waals surface area contributed by atoms with Gasteiger partial charge in [0.1, 0.15) is 5.65 Å². The van der Waals surface area contributed by atoms with E-state index < -0.39 is 0 Å². The zero-order chi connectivity index (χ0) is 11.9. The van der Waals surface area contributed by atoms with Crippen LogP contribution in [0.1, 0.15) is 20.8 Å². The van der Waals surface area contributed by atoms with Gasteiger partial charge in [0.05, 0.1) is 5.39 Å². The maximum Gasteiger partial charge on any atom is 0.261 e. The van der Waals surface area contributed by atoms with Gasteiger partial charge in [0, 0.05) is 12.7 Å². The number of fused-ring (bicyclic) bond motifs is 1. The predicted octanol–water partition coefficient (Wildman–Crippen LogP) is 1.35. The summed E-state index contributed by atoms with van der Waals surface area (Å²) in [6, 6.07) is 1.77. The van der Waals surface area contributed by atoms with Gasteiger partial charge in [-0.3, -0.25) is 9.78 Å². The molecule has 0 atom stereocenters. The molecule has 2 rings (SSSR count). The molecule has 0 radical (unpaired) electrons. The SMILES string of the molecule is CC(C)(C)Cn1ccc2c(=O)[nH]c(N)nc21. The molecule has 0 bridgehead atoms. The van der Waals surface area contributed by atoms with Crippen LogP contribution < -0.4 is 11.3 Å². The fraction of sp³-hybridized carbons (Fsp3) is 0.455. The van der Waals surface area contributed by atoms with Crippen molar-refractivity contribution in [2.75, 3.05) is 5.73 Å². The van der Waals surface area contributed by atoms with Crippen LogP contribution in [0.2, 0.25) is 0 Å². The highest BCUT2D eigenvalue weighted by atomic mass is 16.1. The summed E-state index contributed by atoms with van der Waals surface area (Å²) < 4.78 is 1.96. The average Bonchev–Trinajstić information content (AvgIpc) is 2.46. The molecular weight excluding hydrogens is 204 g/mol. The summed E-state index contributed by atoms with van der Waals surface area (Å²) in [4.78, 5) is 18.2. The second-order valence-electron chi connectivity index (χ2n) is 5.19. The quantitative estimate of drug-likeness (QED) is 0.761. The monoisotopic (exact) mass is 220 g/mol. The third-order valence-corrected chi connectivity index (χ3v) is 2.29. The van der Waals surface area contributed by atoms with Crippen molar-refractivity contribution in [3.63, 3.8) is 0 Å². The summed E-state index contributed by atoms with van der Waals surface area (Å²) in [7, 11) is 0. The average molecular weight is 220 g/mol. The van der Waals surface area contributed by atoms with Crippen molar-refractivity contribution < 1.29 is 0 Å². The smallest absolute Gasteiger partial charge is 0.261 e. The molecule has 0 aliphatic carbocycles. The summed E-state index contributed by atoms with van der Waals surface area (Å²) in [6.45, 7) is 7.20. The molecule has 0 aliphatic heterocycles. The molecule has 2 aromatic heterocycles. The van der Waals surface area contributed by atoms with Gasteiger partial charge in [-0.05, 0) is 11.5 Å². The molecule has 0 saturated heterocycles. The van der Waals surface area contributed by atoms with Crippen LogP contribution >= 0.6 is 0 Å². The van der Waals surface area contributed by atoms with Crippen molar-refractivity contribution in [2.45, 2.75) is 27.3 Å². The maximum atomic E-state index is 11.6. The van der Waals surface area contributed by atoms with Crippen LogP contribution in [0.15, 0.2) is 17.1 Å². The highest BCUT2D eigenvalue weighted by Gasteiger charge is 2.14. The highest BCUT2D eigenvalue weighted by Crippen LogP contribution is 2.19. The number of rotatable bonds is 1. The van der Waals surface area contributed by atoms with E-state index in [0.29, 0.717) is 11.0 Å². The number of anilines is 1. The molecule has 0 spiro atoms. The first-order chi connectivity index (χ1) is 7.37. The van der Waals surface area contributed by atoms with E-state index in [1.54, 1.807) is 6.07 Å². The van der Waals surface area contributed by atoms with Gasteiger partial charge < -0.3 is 10.3 Å². The second-order valence-corrected chi connectivity index (χ2v) is 5.19. The molecule has 0 aromatic carbocycles. The van der Waals surface area contributed by atoms with Gasteiger partial charge in [-0.2, -0.15) is 4.98 Å². The number of H-pyrrole nitrogens is 1. The van der Waals surface area contributed by atoms with E-state index in [2.05, 4.69) is 30.7 Å². The first-order valence-corrected chi connectivity index (χ1v) is 5.21. The Balaban J connectivity index is 2.60. The molecule has 2 heterocycles. The Morgan fingerprint density at radius 1 is 1.50 bits per heavy atom. The molecule has 0 aliphatic rings. The van der Waals surface area contributed by atoms with Crippen LogP contribution in [-0.2, 0) is 6.54 Å². The molecule has 3 N–H and O–H groups in total. The Morgan fingerprint density at radius 3 is 2.81 bits per heavy atom. The van der Waals surface area contributed by atoms with Crippen LogP contribution in [0.3, 0.4) is 0 Å². The van der Waals surface area contributed by atoms with Gasteiger partial charge in [0.2, 0.25) is 5.95 Å². The van der Waals surface area contributed by atoms with Gasteiger partial charge in [0.25, 0.3) is 5.56 Å². The van der Waals surface area contributed by atoms with E-state index in [-0.39, 0.29) is 16.9 Å². The molecule has 16 heavy (non-hydrogen) atoms. The zero-order valence-electron chi connectivity index (χ0n) is 9.74. The lowest BCUT2D eigenvalue weighted by Crippen LogP contribution is -2.17. The number of aromatic nitrogens is 3. The van der Waals surface area contributed by atoms with Gasteiger partial charge in [-0.15, -0.1) is 0 Å². The first kappa shape index (κ1) is 10.7. The molecule has 0 fully saturated rings. The number of hydrogen-bond donors (Lipinski definition) is 2. The zero-order valence-corrected chi connectivity index (χ0v) is 9.74. The highest BCUT2D eigenvalue weighted by molar-refractivity contribution is 5.75. The molecule has 0 saturated carbocycles. The molecule has 86 valence electrons. The molecule has 0 unspecified atom stereocenters. The van der Waals surface area contributed by atoms with Crippen molar-refractivity contribution in [1.82, 2.24) is 14.5 Å². The molecule has 5 heteroatoms. The van der Waals surface area contributed by atoms with E-state index in [4.69, 9.17) is 5.73 Å². The molecule has 2 aromatic rings. The number of nitrogen functional groups attached to an aromatic ring is 1. The van der Waals surface area contributed by atoms with Gasteiger partial charge in [-0.25, -0.2) is 0 Å². The Kier molecular flexibility index (Phi) is 2.26. The van der Waals surface area contributed by atoms with E-state index in [1.165, 1.54) is 0 Å². The van der Waals surface area contributed by atoms with Crippen LogP contribution in [0, 0.1) is 5.41 Å². The van der Waals surface area contributed by atoms with Crippen molar-refractivity contribution in [2.24, 2.45) is 5.41 Å². The summed E-state index contributed by atoms with van der Waals surface area (Å²) in [5, 5.41) is 0.582. The fourth-order valence-electron chi connectivity index (χ4n) is 1.73. The van der Waals surface area contributed by atoms with E-state index in [9.17, 15) is 4.79 Å². The van der Waals surface area contributed by atoms with Crippen LogP contribution in [0.4, 0.5) is 5.95 Å². The van der Waals surface area contributed by atoms with E-state index in [0.717, 1.165) is 6.54 Å². The summed E-state index contributed by atoms with van der Waals surface area (Å²) in [5.41, 5.74) is 6.13. The number of nitrogens with two attached hydrogens (primary N) is 1. The van der Waals surface area contributed by atoms with Crippen LogP contribution in [-0.4, -0.2) is 14.5 Å². The van der Waals surface area contributed by atoms with Crippen LogP contribution in [0.25, 0.3) is 11.0 Å². The topological polar surface area (TPSA) is 76.7 Å². The van der Waals surface area contributed by atoms with E-state index >= 15 is 0 Å². The Bertz CT molecular complexity index is 574. The van der Waals surface area contributed by atoms with E-state index in [1.807, 2.05) is 10.8 Å². The number of hydrogen-bond acceptors (Lipinski definition) is 3. The third kappa shape index (κ3) is 1.93. The summed E-state index contributed by atoms with van der Waals surface area (Å²) in [6.07, 6.45) is 1.87. The fourth-order valence-corrected chi connectivity index (χ4v) is 1.73. The largest absolute Gasteiger partial charge is 0.369 e. The first-order valence-electron chi connectivity index (χ1n) is 5.21. The summed E-state index contributed by atoms with van der Waals surface area (Å²) >= 11 is 0. The Morgan fingerprint density at radius 2 is 2.19 bits per heavy atom. The second kappa shape index (κ2) is 3.37. The van der Waals surface area contributed by atoms with Gasteiger partial charge >= 0.3 is 0 Å². The van der Waals surface area contributed by atoms with Crippen molar-refractivity contribution >= 4 is 17.0 Å². The summed E-state index contributed by atoms with van der Waals surface area (Å²) in [5.74, 6) is 0.159. The minimum Gasteiger partial charge on any atom is -0.369 e. The minimum absolute atomic E-state index is 0.130. The third-order valence-electron chi connectivity index (χ3n) is 2.29. The standard InChI is InChI=1S/C11H16N4O/c1-11(2,3)6-15-5-4-7-8(15)13-10(12)14-9(7)16/h4-5H,6H2,1-3H3,(H3,12,13,14,16). The Hall–Kier alpha value is -1.78. The molecule has 0 amide bonds.